The molecule has 0 aliphatic carbocycles. The number of hydrogen-bond donors (Lipinski definition) is 1. The molecule has 4 nitrogen and oxygen atoms in total. The zero-order valence-electron chi connectivity index (χ0n) is 13.4. The third-order valence-electron chi connectivity index (χ3n) is 3.56. The molecule has 21 heavy (non-hydrogen) atoms. The number of aromatic nitrogens is 2. The molecule has 0 aliphatic heterocycles. The van der Waals surface area contributed by atoms with Crippen molar-refractivity contribution in [3.8, 4) is 11.4 Å². The van der Waals surface area contributed by atoms with Gasteiger partial charge in [0.05, 0.1) is 18.0 Å². The molecule has 0 saturated heterocycles. The lowest BCUT2D eigenvalue weighted by Gasteiger charge is -2.08. The molecule has 0 radical (unpaired) electrons. The van der Waals surface area contributed by atoms with Crippen molar-refractivity contribution in [2.24, 2.45) is 0 Å². The van der Waals surface area contributed by atoms with Gasteiger partial charge in [-0.3, -0.25) is 0 Å². The van der Waals surface area contributed by atoms with E-state index in [1.54, 1.807) is 0 Å². The van der Waals surface area contributed by atoms with Crippen molar-refractivity contribution in [2.45, 2.75) is 40.7 Å². The summed E-state index contributed by atoms with van der Waals surface area (Å²) in [6.45, 7) is 11.0. The topological polar surface area (TPSA) is 39.1 Å². The van der Waals surface area contributed by atoms with Gasteiger partial charge in [-0.05, 0) is 58.0 Å². The molecule has 1 heterocycles. The summed E-state index contributed by atoms with van der Waals surface area (Å²) in [6.07, 6.45) is 1.14. The summed E-state index contributed by atoms with van der Waals surface area (Å²) in [5.41, 5.74) is 4.64. The lowest BCUT2D eigenvalue weighted by molar-refractivity contribution is 0.340. The number of nitrogens with zero attached hydrogens (tertiary/aromatic N) is 2. The first-order valence-electron chi connectivity index (χ1n) is 7.66. The molecule has 0 bridgehead atoms. The van der Waals surface area contributed by atoms with Gasteiger partial charge in [-0.25, -0.2) is 4.68 Å². The Balaban J connectivity index is 2.21. The van der Waals surface area contributed by atoms with Crippen LogP contribution < -0.4 is 10.1 Å². The van der Waals surface area contributed by atoms with Crippen LogP contribution in [0.1, 0.15) is 37.2 Å². The average molecular weight is 287 g/mol. The summed E-state index contributed by atoms with van der Waals surface area (Å²) >= 11 is 0. The molecule has 1 aromatic heterocycles. The number of rotatable bonds is 7. The van der Waals surface area contributed by atoms with Gasteiger partial charge in [-0.1, -0.05) is 6.92 Å². The predicted molar refractivity (Wildman–Crippen MR) is 86.2 cm³/mol. The molecule has 0 atom stereocenters. The number of nitrogens with one attached hydrogen (secondary N) is 1. The number of aryl methyl sites for hydroxylation is 1. The zero-order valence-corrected chi connectivity index (χ0v) is 13.4. The molecule has 1 N–H and O–H groups in total. The van der Waals surface area contributed by atoms with Crippen LogP contribution in [0, 0.1) is 13.8 Å². The summed E-state index contributed by atoms with van der Waals surface area (Å²) in [6, 6.07) is 8.08. The second kappa shape index (κ2) is 7.27. The van der Waals surface area contributed by atoms with Gasteiger partial charge in [-0.15, -0.1) is 0 Å². The van der Waals surface area contributed by atoms with Gasteiger partial charge in [-0.2, -0.15) is 5.10 Å². The van der Waals surface area contributed by atoms with Gasteiger partial charge in [0.15, 0.2) is 0 Å². The lowest BCUT2D eigenvalue weighted by atomic mass is 10.2. The lowest BCUT2D eigenvalue weighted by Crippen LogP contribution is -2.15. The van der Waals surface area contributed by atoms with Crippen molar-refractivity contribution in [2.75, 3.05) is 13.2 Å². The first-order valence-corrected chi connectivity index (χ1v) is 7.66. The van der Waals surface area contributed by atoms with E-state index in [0.717, 1.165) is 36.6 Å². The fourth-order valence-corrected chi connectivity index (χ4v) is 2.42. The fraction of sp³-hybridized carbons (Fsp3) is 0.471. The van der Waals surface area contributed by atoms with E-state index in [9.17, 15) is 0 Å². The highest BCUT2D eigenvalue weighted by atomic mass is 16.5. The number of ether oxygens (including phenoxy) is 1. The maximum Gasteiger partial charge on any atom is 0.119 e. The molecule has 0 fully saturated rings. The highest BCUT2D eigenvalue weighted by molar-refractivity contribution is 5.40. The van der Waals surface area contributed by atoms with Gasteiger partial charge in [0.25, 0.3) is 0 Å². The third kappa shape index (κ3) is 3.64. The van der Waals surface area contributed by atoms with Gasteiger partial charge in [0.1, 0.15) is 5.75 Å². The van der Waals surface area contributed by atoms with E-state index in [2.05, 4.69) is 31.2 Å². The first kappa shape index (κ1) is 15.6. The van der Waals surface area contributed by atoms with E-state index in [1.165, 1.54) is 11.3 Å². The van der Waals surface area contributed by atoms with Crippen LogP contribution in [0.2, 0.25) is 0 Å². The summed E-state index contributed by atoms with van der Waals surface area (Å²) in [5.74, 6) is 0.896. The molecular weight excluding hydrogens is 262 g/mol. The van der Waals surface area contributed by atoms with E-state index in [4.69, 9.17) is 4.74 Å². The van der Waals surface area contributed by atoms with Crippen LogP contribution in [0.25, 0.3) is 5.69 Å². The Hall–Kier alpha value is -1.81. The van der Waals surface area contributed by atoms with Crippen molar-refractivity contribution in [3.05, 3.63) is 41.2 Å². The molecule has 0 unspecified atom stereocenters. The van der Waals surface area contributed by atoms with Gasteiger partial charge in [0.2, 0.25) is 0 Å². The van der Waals surface area contributed by atoms with E-state index >= 15 is 0 Å². The molecule has 2 aromatic rings. The summed E-state index contributed by atoms with van der Waals surface area (Å²) in [7, 11) is 0. The first-order chi connectivity index (χ1) is 10.2. The van der Waals surface area contributed by atoms with E-state index in [1.807, 2.05) is 35.9 Å². The molecule has 2 rings (SSSR count). The highest BCUT2D eigenvalue weighted by Crippen LogP contribution is 2.20. The Labute approximate surface area is 127 Å². The SMILES string of the molecule is CCCNCc1c(C)nn(-c2ccc(OCC)cc2)c1C. The number of hydrogen-bond acceptors (Lipinski definition) is 3. The second-order valence-corrected chi connectivity index (χ2v) is 5.16. The minimum Gasteiger partial charge on any atom is -0.494 e. The Morgan fingerprint density at radius 1 is 1.14 bits per heavy atom. The molecular formula is C17H25N3O. The predicted octanol–water partition coefficient (Wildman–Crippen LogP) is 3.39. The van der Waals surface area contributed by atoms with Crippen LogP contribution in [0.5, 0.6) is 5.75 Å². The highest BCUT2D eigenvalue weighted by Gasteiger charge is 2.12. The van der Waals surface area contributed by atoms with Crippen molar-refractivity contribution < 1.29 is 4.74 Å². The second-order valence-electron chi connectivity index (χ2n) is 5.16. The van der Waals surface area contributed by atoms with Crippen LogP contribution in [0.4, 0.5) is 0 Å². The third-order valence-corrected chi connectivity index (χ3v) is 3.56. The van der Waals surface area contributed by atoms with Crippen LogP contribution in [0.15, 0.2) is 24.3 Å². The Kier molecular flexibility index (Phi) is 5.39. The number of benzene rings is 1. The van der Waals surface area contributed by atoms with E-state index < -0.39 is 0 Å². The van der Waals surface area contributed by atoms with Gasteiger partial charge >= 0.3 is 0 Å². The van der Waals surface area contributed by atoms with Crippen LogP contribution in [-0.2, 0) is 6.54 Å². The summed E-state index contributed by atoms with van der Waals surface area (Å²) < 4.78 is 7.49. The maximum atomic E-state index is 5.48. The molecule has 1 aromatic carbocycles. The molecule has 0 spiro atoms. The summed E-state index contributed by atoms with van der Waals surface area (Å²) in [5, 5.41) is 8.12. The Bertz CT molecular complexity index is 572. The van der Waals surface area contributed by atoms with Crippen LogP contribution >= 0.6 is 0 Å². The average Bonchev–Trinajstić information content (AvgIpc) is 2.76. The molecule has 114 valence electrons. The Morgan fingerprint density at radius 2 is 1.86 bits per heavy atom. The monoisotopic (exact) mass is 287 g/mol. The van der Waals surface area contributed by atoms with Crippen LogP contribution in [-0.4, -0.2) is 22.9 Å². The van der Waals surface area contributed by atoms with E-state index in [-0.39, 0.29) is 0 Å². The minimum absolute atomic E-state index is 0.687. The quantitative estimate of drug-likeness (QED) is 0.793. The van der Waals surface area contributed by atoms with Crippen molar-refractivity contribution >= 4 is 0 Å². The molecule has 0 saturated carbocycles. The van der Waals surface area contributed by atoms with Gasteiger partial charge in [0, 0.05) is 17.8 Å². The normalized spacial score (nSPS) is 10.9. The van der Waals surface area contributed by atoms with E-state index in [0.29, 0.717) is 6.61 Å². The van der Waals surface area contributed by atoms with Gasteiger partial charge < -0.3 is 10.1 Å². The smallest absolute Gasteiger partial charge is 0.119 e. The maximum absolute atomic E-state index is 5.48. The Morgan fingerprint density at radius 3 is 2.48 bits per heavy atom. The molecule has 0 aliphatic rings. The minimum atomic E-state index is 0.687. The molecule has 0 amide bonds. The summed E-state index contributed by atoms with van der Waals surface area (Å²) in [4.78, 5) is 0. The van der Waals surface area contributed by atoms with Crippen molar-refractivity contribution in [1.82, 2.24) is 15.1 Å². The zero-order chi connectivity index (χ0) is 15.2. The van der Waals surface area contributed by atoms with Crippen LogP contribution in [0.3, 0.4) is 0 Å². The fourth-order valence-electron chi connectivity index (χ4n) is 2.42. The van der Waals surface area contributed by atoms with Crippen molar-refractivity contribution in [1.29, 1.82) is 0 Å². The largest absolute Gasteiger partial charge is 0.494 e. The van der Waals surface area contributed by atoms with Crippen molar-refractivity contribution in [3.63, 3.8) is 0 Å². The standard InChI is InChI=1S/C17H25N3O/c1-5-11-18-12-17-13(3)19-20(14(17)4)15-7-9-16(10-8-15)21-6-2/h7-10,18H,5-6,11-12H2,1-4H3. The molecule has 4 heteroatoms.